The predicted molar refractivity (Wildman–Crippen MR) is 76.2 cm³/mol. The number of rotatable bonds is 7. The lowest BCUT2D eigenvalue weighted by Crippen LogP contribution is -2.46. The number of benzene rings is 1. The van der Waals surface area contributed by atoms with Crippen LogP contribution in [-0.2, 0) is 16.1 Å². The van der Waals surface area contributed by atoms with Gasteiger partial charge in [0, 0.05) is 25.7 Å². The molecule has 0 amide bonds. The number of likely N-dealkylation sites (N-methyl/N-ethyl adjacent to an activating group) is 1. The minimum absolute atomic E-state index is 0.377. The first-order valence-corrected chi connectivity index (χ1v) is 6.97. The molecule has 1 fully saturated rings. The highest BCUT2D eigenvalue weighted by Crippen LogP contribution is 2.03. The van der Waals surface area contributed by atoms with Crippen LogP contribution in [0.1, 0.15) is 5.56 Å². The molecule has 0 unspecified atom stereocenters. The molecule has 1 N–H and O–H groups in total. The van der Waals surface area contributed by atoms with Gasteiger partial charge in [-0.25, -0.2) is 0 Å². The van der Waals surface area contributed by atoms with Crippen LogP contribution in [0.4, 0.5) is 0 Å². The van der Waals surface area contributed by atoms with E-state index in [9.17, 15) is 0 Å². The van der Waals surface area contributed by atoms with Crippen LogP contribution in [0, 0.1) is 0 Å². The maximum absolute atomic E-state index is 5.79. The smallest absolute Gasteiger partial charge is 0.0717 e. The van der Waals surface area contributed by atoms with Gasteiger partial charge in [-0.3, -0.25) is 4.90 Å². The van der Waals surface area contributed by atoms with Gasteiger partial charge in [-0.15, -0.1) is 0 Å². The number of ether oxygens (including phenoxy) is 2. The van der Waals surface area contributed by atoms with Crippen molar-refractivity contribution in [1.29, 1.82) is 0 Å². The third-order valence-corrected chi connectivity index (χ3v) is 3.42. The molecule has 1 aliphatic rings. The van der Waals surface area contributed by atoms with Crippen molar-refractivity contribution in [3.05, 3.63) is 35.9 Å². The van der Waals surface area contributed by atoms with Crippen LogP contribution >= 0.6 is 0 Å². The highest BCUT2D eigenvalue weighted by atomic mass is 16.5. The Balaban J connectivity index is 1.67. The molecule has 0 radical (unpaired) electrons. The maximum atomic E-state index is 5.79. The van der Waals surface area contributed by atoms with E-state index in [1.165, 1.54) is 5.56 Å². The van der Waals surface area contributed by atoms with E-state index >= 15 is 0 Å². The van der Waals surface area contributed by atoms with Gasteiger partial charge in [-0.2, -0.15) is 0 Å². The summed E-state index contributed by atoms with van der Waals surface area (Å²) in [6.45, 7) is 6.19. The van der Waals surface area contributed by atoms with Crippen molar-refractivity contribution in [3.63, 3.8) is 0 Å². The van der Waals surface area contributed by atoms with Gasteiger partial charge in [0.25, 0.3) is 0 Å². The van der Waals surface area contributed by atoms with E-state index < -0.39 is 0 Å². The van der Waals surface area contributed by atoms with Crippen LogP contribution < -0.4 is 5.32 Å². The van der Waals surface area contributed by atoms with Crippen LogP contribution in [0.15, 0.2) is 30.3 Å². The van der Waals surface area contributed by atoms with Gasteiger partial charge in [-0.1, -0.05) is 30.3 Å². The molecule has 2 rings (SSSR count). The van der Waals surface area contributed by atoms with E-state index in [4.69, 9.17) is 9.47 Å². The molecule has 4 nitrogen and oxygen atoms in total. The van der Waals surface area contributed by atoms with E-state index in [0.29, 0.717) is 12.6 Å². The minimum atomic E-state index is 0.377. The summed E-state index contributed by atoms with van der Waals surface area (Å²) in [6, 6.07) is 10.7. The zero-order valence-corrected chi connectivity index (χ0v) is 11.7. The fraction of sp³-hybridized carbons (Fsp3) is 0.600. The van der Waals surface area contributed by atoms with Gasteiger partial charge >= 0.3 is 0 Å². The van der Waals surface area contributed by atoms with Crippen molar-refractivity contribution in [2.24, 2.45) is 0 Å². The summed E-state index contributed by atoms with van der Waals surface area (Å²) in [5.74, 6) is 0. The topological polar surface area (TPSA) is 33.7 Å². The normalized spacial score (nSPS) is 18.4. The van der Waals surface area contributed by atoms with Crippen molar-refractivity contribution >= 4 is 0 Å². The molecule has 0 aliphatic carbocycles. The molecule has 1 saturated heterocycles. The molecular weight excluding hydrogens is 240 g/mol. The zero-order chi connectivity index (χ0) is 13.3. The Labute approximate surface area is 115 Å². The molecule has 1 heterocycles. The van der Waals surface area contributed by atoms with Crippen LogP contribution in [0.3, 0.4) is 0 Å². The molecule has 1 aromatic carbocycles. The Morgan fingerprint density at radius 1 is 1.26 bits per heavy atom. The van der Waals surface area contributed by atoms with Crippen LogP contribution in [0.2, 0.25) is 0 Å². The van der Waals surface area contributed by atoms with Gasteiger partial charge in [0.1, 0.15) is 0 Å². The van der Waals surface area contributed by atoms with E-state index in [0.717, 1.165) is 39.5 Å². The second-order valence-electron chi connectivity index (χ2n) is 4.90. The van der Waals surface area contributed by atoms with Crippen LogP contribution in [0.5, 0.6) is 0 Å². The first kappa shape index (κ1) is 14.5. The maximum Gasteiger partial charge on any atom is 0.0717 e. The van der Waals surface area contributed by atoms with Crippen LogP contribution in [-0.4, -0.2) is 57.4 Å². The standard InChI is InChI=1S/C15H24N2O2/c1-16-15(11-17-7-9-18-10-8-17)13-19-12-14-5-3-2-4-6-14/h2-6,15-16H,7-13H2,1H3/t15-/m0/s1. The van der Waals surface area contributed by atoms with Crippen molar-refractivity contribution < 1.29 is 9.47 Å². The molecule has 1 aromatic rings. The molecule has 0 aromatic heterocycles. The third-order valence-electron chi connectivity index (χ3n) is 3.42. The van der Waals surface area contributed by atoms with Gasteiger partial charge in [-0.05, 0) is 12.6 Å². The Morgan fingerprint density at radius 3 is 2.68 bits per heavy atom. The Kier molecular flexibility index (Phi) is 6.30. The lowest BCUT2D eigenvalue weighted by Gasteiger charge is -2.30. The summed E-state index contributed by atoms with van der Waals surface area (Å²) >= 11 is 0. The third kappa shape index (κ3) is 5.28. The summed E-state index contributed by atoms with van der Waals surface area (Å²) < 4.78 is 11.2. The zero-order valence-electron chi connectivity index (χ0n) is 11.7. The monoisotopic (exact) mass is 264 g/mol. The van der Waals surface area contributed by atoms with Crippen molar-refractivity contribution in [3.8, 4) is 0 Å². The molecular formula is C15H24N2O2. The first-order valence-electron chi connectivity index (χ1n) is 6.97. The van der Waals surface area contributed by atoms with Gasteiger partial charge in [0.05, 0.1) is 26.4 Å². The molecule has 106 valence electrons. The first-order chi connectivity index (χ1) is 9.38. The average Bonchev–Trinajstić information content (AvgIpc) is 2.48. The molecule has 0 spiro atoms. The van der Waals surface area contributed by atoms with E-state index in [-0.39, 0.29) is 0 Å². The van der Waals surface area contributed by atoms with E-state index in [1.54, 1.807) is 0 Å². The summed E-state index contributed by atoms with van der Waals surface area (Å²) in [5.41, 5.74) is 1.23. The molecule has 0 bridgehead atoms. The largest absolute Gasteiger partial charge is 0.379 e. The summed E-state index contributed by atoms with van der Waals surface area (Å²) in [7, 11) is 2.00. The van der Waals surface area contributed by atoms with E-state index in [1.807, 2.05) is 25.2 Å². The fourth-order valence-electron chi connectivity index (χ4n) is 2.22. The summed E-state index contributed by atoms with van der Waals surface area (Å²) in [6.07, 6.45) is 0. The molecule has 19 heavy (non-hydrogen) atoms. The number of hydrogen-bond donors (Lipinski definition) is 1. The molecule has 0 saturated carbocycles. The average molecular weight is 264 g/mol. The van der Waals surface area contributed by atoms with Crippen molar-refractivity contribution in [2.75, 3.05) is 46.5 Å². The number of morpholine rings is 1. The Bertz CT molecular complexity index is 339. The number of nitrogens with zero attached hydrogens (tertiary/aromatic N) is 1. The second kappa shape index (κ2) is 8.27. The lowest BCUT2D eigenvalue weighted by molar-refractivity contribution is 0.0233. The second-order valence-corrected chi connectivity index (χ2v) is 4.90. The van der Waals surface area contributed by atoms with Gasteiger partial charge in [0.15, 0.2) is 0 Å². The quantitative estimate of drug-likeness (QED) is 0.800. The lowest BCUT2D eigenvalue weighted by atomic mass is 10.2. The molecule has 1 aliphatic heterocycles. The van der Waals surface area contributed by atoms with Crippen molar-refractivity contribution in [2.45, 2.75) is 12.6 Å². The Morgan fingerprint density at radius 2 is 2.00 bits per heavy atom. The highest BCUT2D eigenvalue weighted by molar-refractivity contribution is 5.13. The molecule has 1 atom stereocenters. The minimum Gasteiger partial charge on any atom is -0.379 e. The molecule has 4 heteroatoms. The van der Waals surface area contributed by atoms with Crippen LogP contribution in [0.25, 0.3) is 0 Å². The summed E-state index contributed by atoms with van der Waals surface area (Å²) in [5, 5.41) is 3.33. The predicted octanol–water partition coefficient (Wildman–Crippen LogP) is 1.12. The fourth-order valence-corrected chi connectivity index (χ4v) is 2.22. The SMILES string of the molecule is CN[C@H](COCc1ccccc1)CN1CCOCC1. The van der Waals surface area contributed by atoms with Gasteiger partial charge in [0.2, 0.25) is 0 Å². The highest BCUT2D eigenvalue weighted by Gasteiger charge is 2.15. The van der Waals surface area contributed by atoms with Gasteiger partial charge < -0.3 is 14.8 Å². The number of hydrogen-bond acceptors (Lipinski definition) is 4. The Hall–Kier alpha value is -0.940. The summed E-state index contributed by atoms with van der Waals surface area (Å²) in [4.78, 5) is 2.43. The van der Waals surface area contributed by atoms with E-state index in [2.05, 4.69) is 22.3 Å². The van der Waals surface area contributed by atoms with Crippen molar-refractivity contribution in [1.82, 2.24) is 10.2 Å². The number of nitrogens with one attached hydrogen (secondary N) is 1.